The summed E-state index contributed by atoms with van der Waals surface area (Å²) in [6, 6.07) is 0. The third kappa shape index (κ3) is 2.92. The van der Waals surface area contributed by atoms with Crippen molar-refractivity contribution in [1.82, 2.24) is 14.9 Å². The Morgan fingerprint density at radius 1 is 1.50 bits per heavy atom. The first-order valence-corrected chi connectivity index (χ1v) is 8.59. The number of aromatic nitrogens is 2. The number of oxazole rings is 1. The molecule has 0 aliphatic carbocycles. The van der Waals surface area contributed by atoms with Gasteiger partial charge in [-0.25, -0.2) is 9.97 Å². The monoisotopic (exact) mass is 319 g/mol. The van der Waals surface area contributed by atoms with Crippen LogP contribution in [0.1, 0.15) is 65.5 Å². The van der Waals surface area contributed by atoms with E-state index in [1.54, 1.807) is 11.3 Å². The predicted octanol–water partition coefficient (Wildman–Crippen LogP) is 3.58. The summed E-state index contributed by atoms with van der Waals surface area (Å²) < 4.78 is 5.38. The number of hydrogen-bond acceptors (Lipinski definition) is 5. The van der Waals surface area contributed by atoms with E-state index in [1.165, 1.54) is 6.39 Å². The van der Waals surface area contributed by atoms with Crippen LogP contribution in [0.15, 0.2) is 16.2 Å². The van der Waals surface area contributed by atoms with Crippen molar-refractivity contribution in [2.45, 2.75) is 45.4 Å². The fourth-order valence-electron chi connectivity index (χ4n) is 2.90. The SMILES string of the molecule is Cc1csc(C2CCCN(C(=O)c3ncoc3C(C)C)C2)n1. The fourth-order valence-corrected chi connectivity index (χ4v) is 3.82. The lowest BCUT2D eigenvalue weighted by atomic mass is 9.98. The Kier molecular flexibility index (Phi) is 4.29. The summed E-state index contributed by atoms with van der Waals surface area (Å²) in [5.41, 5.74) is 1.52. The molecule has 0 aromatic carbocycles. The molecule has 2 aromatic rings. The third-order valence-corrected chi connectivity index (χ3v) is 5.14. The summed E-state index contributed by atoms with van der Waals surface area (Å²) in [5, 5.41) is 3.21. The highest BCUT2D eigenvalue weighted by atomic mass is 32.1. The zero-order valence-electron chi connectivity index (χ0n) is 13.2. The van der Waals surface area contributed by atoms with Crippen LogP contribution < -0.4 is 0 Å². The first kappa shape index (κ1) is 15.2. The van der Waals surface area contributed by atoms with E-state index >= 15 is 0 Å². The molecule has 0 N–H and O–H groups in total. The molecular formula is C16H21N3O2S. The molecule has 5 nitrogen and oxygen atoms in total. The largest absolute Gasteiger partial charge is 0.447 e. The van der Waals surface area contributed by atoms with Crippen LogP contribution in [0.4, 0.5) is 0 Å². The average Bonchev–Trinajstić information content (AvgIpc) is 3.15. The van der Waals surface area contributed by atoms with Gasteiger partial charge in [-0.15, -0.1) is 11.3 Å². The van der Waals surface area contributed by atoms with E-state index in [-0.39, 0.29) is 11.8 Å². The minimum Gasteiger partial charge on any atom is -0.447 e. The second kappa shape index (κ2) is 6.20. The Morgan fingerprint density at radius 3 is 3.00 bits per heavy atom. The van der Waals surface area contributed by atoms with Gasteiger partial charge in [-0.05, 0) is 19.8 Å². The van der Waals surface area contributed by atoms with E-state index in [9.17, 15) is 4.79 Å². The lowest BCUT2D eigenvalue weighted by Gasteiger charge is -2.31. The Bertz CT molecular complexity index is 662. The second-order valence-electron chi connectivity index (χ2n) is 6.14. The molecule has 3 rings (SSSR count). The highest BCUT2D eigenvalue weighted by Crippen LogP contribution is 2.30. The normalized spacial score (nSPS) is 18.9. The van der Waals surface area contributed by atoms with Gasteiger partial charge >= 0.3 is 0 Å². The number of amides is 1. The van der Waals surface area contributed by atoms with Crippen molar-refractivity contribution < 1.29 is 9.21 Å². The number of hydrogen-bond donors (Lipinski definition) is 0. The molecule has 22 heavy (non-hydrogen) atoms. The molecule has 1 atom stereocenters. The number of carbonyl (C=O) groups excluding carboxylic acids is 1. The van der Waals surface area contributed by atoms with Crippen molar-refractivity contribution in [3.8, 4) is 0 Å². The van der Waals surface area contributed by atoms with Gasteiger partial charge in [0.2, 0.25) is 0 Å². The Balaban J connectivity index is 1.77. The van der Waals surface area contributed by atoms with Gasteiger partial charge in [-0.3, -0.25) is 4.79 Å². The average molecular weight is 319 g/mol. The van der Waals surface area contributed by atoms with E-state index in [4.69, 9.17) is 4.42 Å². The number of carbonyl (C=O) groups is 1. The number of thiazole rings is 1. The molecule has 1 amide bonds. The highest BCUT2D eigenvalue weighted by Gasteiger charge is 2.30. The van der Waals surface area contributed by atoms with Crippen molar-refractivity contribution in [2.24, 2.45) is 0 Å². The minimum absolute atomic E-state index is 0.0181. The highest BCUT2D eigenvalue weighted by molar-refractivity contribution is 7.09. The van der Waals surface area contributed by atoms with Crippen molar-refractivity contribution in [1.29, 1.82) is 0 Å². The predicted molar refractivity (Wildman–Crippen MR) is 85.3 cm³/mol. The molecule has 1 fully saturated rings. The third-order valence-electron chi connectivity index (χ3n) is 4.02. The molecule has 118 valence electrons. The molecule has 0 radical (unpaired) electrons. The van der Waals surface area contributed by atoms with Gasteiger partial charge in [-0.2, -0.15) is 0 Å². The number of rotatable bonds is 3. The molecule has 0 saturated carbocycles. The van der Waals surface area contributed by atoms with Crippen molar-refractivity contribution in [3.05, 3.63) is 33.9 Å². The minimum atomic E-state index is -0.0181. The summed E-state index contributed by atoms with van der Waals surface area (Å²) in [4.78, 5) is 23.4. The van der Waals surface area contributed by atoms with Gasteiger partial charge < -0.3 is 9.32 Å². The van der Waals surface area contributed by atoms with Crippen LogP contribution in [0.2, 0.25) is 0 Å². The van der Waals surface area contributed by atoms with Gasteiger partial charge in [0, 0.05) is 36.0 Å². The summed E-state index contributed by atoms with van der Waals surface area (Å²) in [6.45, 7) is 7.53. The summed E-state index contributed by atoms with van der Waals surface area (Å²) in [6.07, 6.45) is 3.46. The van der Waals surface area contributed by atoms with Crippen LogP contribution in [0.3, 0.4) is 0 Å². The molecule has 1 saturated heterocycles. The zero-order valence-corrected chi connectivity index (χ0v) is 14.0. The Labute approximate surface area is 134 Å². The molecule has 0 spiro atoms. The zero-order chi connectivity index (χ0) is 15.7. The second-order valence-corrected chi connectivity index (χ2v) is 7.03. The number of likely N-dealkylation sites (tertiary alicyclic amines) is 1. The topological polar surface area (TPSA) is 59.2 Å². The van der Waals surface area contributed by atoms with Gasteiger partial charge in [0.1, 0.15) is 5.76 Å². The summed E-state index contributed by atoms with van der Waals surface area (Å²) in [7, 11) is 0. The quantitative estimate of drug-likeness (QED) is 0.867. The maximum absolute atomic E-state index is 12.8. The van der Waals surface area contributed by atoms with Gasteiger partial charge in [0.25, 0.3) is 5.91 Å². The molecule has 1 unspecified atom stereocenters. The van der Waals surface area contributed by atoms with Crippen LogP contribution >= 0.6 is 11.3 Å². The van der Waals surface area contributed by atoms with Crippen LogP contribution in [-0.2, 0) is 0 Å². The van der Waals surface area contributed by atoms with E-state index in [0.717, 1.165) is 36.6 Å². The van der Waals surface area contributed by atoms with E-state index < -0.39 is 0 Å². The van der Waals surface area contributed by atoms with Gasteiger partial charge in [0.15, 0.2) is 12.1 Å². The number of nitrogens with zero attached hydrogens (tertiary/aromatic N) is 3. The number of piperidine rings is 1. The molecule has 2 aromatic heterocycles. The molecule has 3 heterocycles. The van der Waals surface area contributed by atoms with Crippen molar-refractivity contribution >= 4 is 17.2 Å². The van der Waals surface area contributed by atoms with Crippen molar-refractivity contribution in [2.75, 3.05) is 13.1 Å². The first-order chi connectivity index (χ1) is 10.6. The molecule has 0 bridgehead atoms. The maximum atomic E-state index is 12.8. The molecular weight excluding hydrogens is 298 g/mol. The lowest BCUT2D eigenvalue weighted by molar-refractivity contribution is 0.0699. The van der Waals surface area contributed by atoms with Crippen molar-refractivity contribution in [3.63, 3.8) is 0 Å². The van der Waals surface area contributed by atoms with E-state index in [2.05, 4.69) is 15.3 Å². The molecule has 1 aliphatic heterocycles. The molecule has 6 heteroatoms. The van der Waals surface area contributed by atoms with E-state index in [1.807, 2.05) is 25.7 Å². The van der Waals surface area contributed by atoms with Crippen LogP contribution in [0, 0.1) is 6.92 Å². The Hall–Kier alpha value is -1.69. The van der Waals surface area contributed by atoms with Gasteiger partial charge in [-0.1, -0.05) is 13.8 Å². The number of aryl methyl sites for hydroxylation is 1. The fraction of sp³-hybridized carbons (Fsp3) is 0.562. The standard InChI is InChI=1S/C16H21N3O2S/c1-10(2)14-13(17-9-21-14)16(20)19-6-4-5-12(7-19)15-18-11(3)8-22-15/h8-10,12H,4-7H2,1-3H3. The van der Waals surface area contributed by atoms with E-state index in [0.29, 0.717) is 17.4 Å². The van der Waals surface area contributed by atoms with Crippen LogP contribution in [0.5, 0.6) is 0 Å². The Morgan fingerprint density at radius 2 is 2.32 bits per heavy atom. The van der Waals surface area contributed by atoms with Crippen LogP contribution in [-0.4, -0.2) is 33.9 Å². The smallest absolute Gasteiger partial charge is 0.276 e. The maximum Gasteiger partial charge on any atom is 0.276 e. The first-order valence-electron chi connectivity index (χ1n) is 7.71. The summed E-state index contributed by atoms with van der Waals surface area (Å²) in [5.74, 6) is 1.15. The van der Waals surface area contributed by atoms with Gasteiger partial charge in [0.05, 0.1) is 5.01 Å². The molecule has 1 aliphatic rings. The summed E-state index contributed by atoms with van der Waals surface area (Å²) >= 11 is 1.69. The van der Waals surface area contributed by atoms with Crippen LogP contribution in [0.25, 0.3) is 0 Å². The lowest BCUT2D eigenvalue weighted by Crippen LogP contribution is -2.39.